The van der Waals surface area contributed by atoms with Gasteiger partial charge in [-0.1, -0.05) is 37.3 Å². The quantitative estimate of drug-likeness (QED) is 0.669. The maximum Gasteiger partial charge on any atom is 0.338 e. The molecule has 2 N–H and O–H groups in total. The molecule has 0 aliphatic heterocycles. The van der Waals surface area contributed by atoms with E-state index >= 15 is 0 Å². The number of ether oxygens (including phenoxy) is 1. The van der Waals surface area contributed by atoms with Gasteiger partial charge in [0.05, 0.1) is 12.2 Å². The fourth-order valence-electron chi connectivity index (χ4n) is 2.43. The highest BCUT2D eigenvalue weighted by Gasteiger charge is 2.16. The predicted molar refractivity (Wildman–Crippen MR) is 72.7 cm³/mol. The van der Waals surface area contributed by atoms with Crippen LogP contribution < -0.4 is 5.73 Å². The lowest BCUT2D eigenvalue weighted by Gasteiger charge is -2.09. The number of carbonyl (C=O) groups is 1. The van der Waals surface area contributed by atoms with Crippen LogP contribution in [0.25, 0.3) is 0 Å². The summed E-state index contributed by atoms with van der Waals surface area (Å²) in [5.74, 6) is 0.379. The highest BCUT2D eigenvalue weighted by Crippen LogP contribution is 2.27. The van der Waals surface area contributed by atoms with Crippen LogP contribution in [0, 0.1) is 5.92 Å². The van der Waals surface area contributed by atoms with Gasteiger partial charge in [-0.15, -0.1) is 0 Å². The summed E-state index contributed by atoms with van der Waals surface area (Å²) in [4.78, 5) is 11.8. The molecule has 1 aliphatic rings. The van der Waals surface area contributed by atoms with Crippen LogP contribution in [-0.2, 0) is 4.74 Å². The second-order valence-electron chi connectivity index (χ2n) is 4.85. The van der Waals surface area contributed by atoms with Crippen molar-refractivity contribution in [1.82, 2.24) is 0 Å². The summed E-state index contributed by atoms with van der Waals surface area (Å²) in [6, 6.07) is 4.77. The van der Waals surface area contributed by atoms with Crippen molar-refractivity contribution in [2.75, 3.05) is 12.3 Å². The lowest BCUT2D eigenvalue weighted by Crippen LogP contribution is -2.09. The van der Waals surface area contributed by atoms with Gasteiger partial charge in [-0.05, 0) is 30.5 Å². The van der Waals surface area contributed by atoms with Crippen molar-refractivity contribution in [3.63, 3.8) is 0 Å². The van der Waals surface area contributed by atoms with Crippen molar-refractivity contribution in [2.24, 2.45) is 5.92 Å². The van der Waals surface area contributed by atoms with Crippen LogP contribution in [0.2, 0.25) is 5.02 Å². The summed E-state index contributed by atoms with van der Waals surface area (Å²) in [5.41, 5.74) is 6.53. The van der Waals surface area contributed by atoms with Crippen LogP contribution in [0.1, 0.15) is 42.5 Å². The standard InChI is InChI=1S/C14H18ClNO2/c15-12-7-11(8-13(16)9-12)14(17)18-6-5-10-3-1-2-4-10/h7-10H,1-6,16H2. The predicted octanol–water partition coefficient (Wildman–Crippen LogP) is 3.66. The molecule has 0 radical (unpaired) electrons. The van der Waals surface area contributed by atoms with Crippen molar-refractivity contribution in [3.05, 3.63) is 28.8 Å². The van der Waals surface area contributed by atoms with E-state index in [4.69, 9.17) is 22.1 Å². The average Bonchev–Trinajstić information content (AvgIpc) is 2.80. The molecule has 18 heavy (non-hydrogen) atoms. The molecular weight excluding hydrogens is 250 g/mol. The minimum atomic E-state index is -0.345. The first-order valence-corrected chi connectivity index (χ1v) is 6.76. The Kier molecular flexibility index (Phi) is 4.48. The van der Waals surface area contributed by atoms with Gasteiger partial charge in [-0.2, -0.15) is 0 Å². The number of hydrogen-bond acceptors (Lipinski definition) is 3. The van der Waals surface area contributed by atoms with E-state index in [1.54, 1.807) is 18.2 Å². The summed E-state index contributed by atoms with van der Waals surface area (Å²) in [7, 11) is 0. The second kappa shape index (κ2) is 6.10. The molecule has 1 aliphatic carbocycles. The van der Waals surface area contributed by atoms with E-state index in [2.05, 4.69) is 0 Å². The Labute approximate surface area is 112 Å². The molecule has 0 bridgehead atoms. The molecule has 4 heteroatoms. The normalized spacial score (nSPS) is 15.8. The monoisotopic (exact) mass is 267 g/mol. The molecular formula is C14H18ClNO2. The number of benzene rings is 1. The van der Waals surface area contributed by atoms with Crippen LogP contribution in [-0.4, -0.2) is 12.6 Å². The Morgan fingerprint density at radius 3 is 2.72 bits per heavy atom. The maximum atomic E-state index is 11.8. The summed E-state index contributed by atoms with van der Waals surface area (Å²) >= 11 is 5.84. The molecule has 1 fully saturated rings. The van der Waals surface area contributed by atoms with Crippen LogP contribution in [0.15, 0.2) is 18.2 Å². The van der Waals surface area contributed by atoms with Crippen molar-refractivity contribution in [2.45, 2.75) is 32.1 Å². The molecule has 2 rings (SSSR count). The van der Waals surface area contributed by atoms with Gasteiger partial charge in [-0.3, -0.25) is 0 Å². The Balaban J connectivity index is 1.83. The van der Waals surface area contributed by atoms with Gasteiger partial charge in [0.1, 0.15) is 0 Å². The number of hydrogen-bond donors (Lipinski definition) is 1. The van der Waals surface area contributed by atoms with Gasteiger partial charge in [-0.25, -0.2) is 4.79 Å². The summed E-state index contributed by atoms with van der Waals surface area (Å²) in [5, 5.41) is 0.456. The number of anilines is 1. The van der Waals surface area contributed by atoms with Gasteiger partial charge in [0.15, 0.2) is 0 Å². The third-order valence-electron chi connectivity index (χ3n) is 3.39. The maximum absolute atomic E-state index is 11.8. The highest BCUT2D eigenvalue weighted by atomic mass is 35.5. The van der Waals surface area contributed by atoms with Crippen LogP contribution in [0.4, 0.5) is 5.69 Å². The Hall–Kier alpha value is -1.22. The number of esters is 1. The molecule has 1 saturated carbocycles. The zero-order valence-corrected chi connectivity index (χ0v) is 11.1. The van der Waals surface area contributed by atoms with E-state index in [9.17, 15) is 4.79 Å². The molecule has 0 atom stereocenters. The molecule has 0 amide bonds. The van der Waals surface area contributed by atoms with Crippen molar-refractivity contribution in [3.8, 4) is 0 Å². The lowest BCUT2D eigenvalue weighted by molar-refractivity contribution is 0.0483. The Bertz CT molecular complexity index is 408. The minimum absolute atomic E-state index is 0.345. The largest absolute Gasteiger partial charge is 0.462 e. The summed E-state index contributed by atoms with van der Waals surface area (Å²) < 4.78 is 5.25. The molecule has 3 nitrogen and oxygen atoms in total. The first-order valence-electron chi connectivity index (χ1n) is 6.38. The van der Waals surface area contributed by atoms with Gasteiger partial charge < -0.3 is 10.5 Å². The summed E-state index contributed by atoms with van der Waals surface area (Å²) in [6.07, 6.45) is 6.11. The number of rotatable bonds is 4. The molecule has 0 saturated heterocycles. The average molecular weight is 268 g/mol. The number of carbonyl (C=O) groups excluding carboxylic acids is 1. The number of halogens is 1. The topological polar surface area (TPSA) is 52.3 Å². The van der Waals surface area contributed by atoms with E-state index in [-0.39, 0.29) is 5.97 Å². The zero-order valence-electron chi connectivity index (χ0n) is 10.3. The van der Waals surface area contributed by atoms with Crippen LogP contribution in [0.3, 0.4) is 0 Å². The molecule has 0 spiro atoms. The second-order valence-corrected chi connectivity index (χ2v) is 5.28. The number of nitrogens with two attached hydrogens (primary N) is 1. The van der Waals surface area contributed by atoms with Crippen LogP contribution in [0.5, 0.6) is 0 Å². The Morgan fingerprint density at radius 1 is 1.33 bits per heavy atom. The van der Waals surface area contributed by atoms with Crippen molar-refractivity contribution >= 4 is 23.3 Å². The van der Waals surface area contributed by atoms with E-state index in [0.29, 0.717) is 22.9 Å². The third kappa shape index (κ3) is 3.64. The first kappa shape index (κ1) is 13.2. The minimum Gasteiger partial charge on any atom is -0.462 e. The smallest absolute Gasteiger partial charge is 0.338 e. The first-order chi connectivity index (χ1) is 8.65. The molecule has 98 valence electrons. The molecule has 0 unspecified atom stereocenters. The van der Waals surface area contributed by atoms with Crippen molar-refractivity contribution in [1.29, 1.82) is 0 Å². The SMILES string of the molecule is Nc1cc(Cl)cc(C(=O)OCCC2CCCC2)c1. The zero-order chi connectivity index (χ0) is 13.0. The number of nitrogen functional groups attached to an aromatic ring is 1. The van der Waals surface area contributed by atoms with E-state index in [0.717, 1.165) is 12.3 Å². The third-order valence-corrected chi connectivity index (χ3v) is 3.61. The van der Waals surface area contributed by atoms with Crippen molar-refractivity contribution < 1.29 is 9.53 Å². The molecule has 1 aromatic rings. The van der Waals surface area contributed by atoms with Gasteiger partial charge in [0, 0.05) is 10.7 Å². The molecule has 0 heterocycles. The van der Waals surface area contributed by atoms with Gasteiger partial charge >= 0.3 is 5.97 Å². The summed E-state index contributed by atoms with van der Waals surface area (Å²) in [6.45, 7) is 0.482. The van der Waals surface area contributed by atoms with E-state index < -0.39 is 0 Å². The molecule has 1 aromatic carbocycles. The van der Waals surface area contributed by atoms with E-state index in [1.807, 2.05) is 0 Å². The van der Waals surface area contributed by atoms with E-state index in [1.165, 1.54) is 25.7 Å². The fraction of sp³-hybridized carbons (Fsp3) is 0.500. The Morgan fingerprint density at radius 2 is 2.06 bits per heavy atom. The van der Waals surface area contributed by atoms with Gasteiger partial charge in [0.25, 0.3) is 0 Å². The fourth-order valence-corrected chi connectivity index (χ4v) is 2.67. The van der Waals surface area contributed by atoms with Gasteiger partial charge in [0.2, 0.25) is 0 Å². The highest BCUT2D eigenvalue weighted by molar-refractivity contribution is 6.31. The lowest BCUT2D eigenvalue weighted by atomic mass is 10.1. The van der Waals surface area contributed by atoms with Crippen LogP contribution >= 0.6 is 11.6 Å². The molecule has 0 aromatic heterocycles.